The van der Waals surface area contributed by atoms with Crippen molar-refractivity contribution in [3.8, 4) is 0 Å². The summed E-state index contributed by atoms with van der Waals surface area (Å²) in [6.45, 7) is 13.1. The Morgan fingerprint density at radius 2 is 1.73 bits per heavy atom. The minimum absolute atomic E-state index is 0.0261. The van der Waals surface area contributed by atoms with Gasteiger partial charge in [0.25, 0.3) is 0 Å². The van der Waals surface area contributed by atoms with Gasteiger partial charge in [0.1, 0.15) is 6.04 Å². The van der Waals surface area contributed by atoms with Gasteiger partial charge in [0.05, 0.1) is 35.8 Å². The van der Waals surface area contributed by atoms with Crippen molar-refractivity contribution in [3.63, 3.8) is 0 Å². The number of hydrogen-bond acceptors (Lipinski definition) is 6. The van der Waals surface area contributed by atoms with E-state index in [0.717, 1.165) is 12.0 Å². The third kappa shape index (κ3) is 5.16. The number of cyclic esters (lactones) is 1. The molecule has 4 aliphatic rings. The minimum Gasteiger partial charge on any atom is -0.465 e. The van der Waals surface area contributed by atoms with Crippen molar-refractivity contribution in [3.05, 3.63) is 60.2 Å². The van der Waals surface area contributed by atoms with Gasteiger partial charge < -0.3 is 19.6 Å². The van der Waals surface area contributed by atoms with E-state index in [4.69, 9.17) is 4.74 Å². The molecule has 1 aromatic carbocycles. The summed E-state index contributed by atoms with van der Waals surface area (Å²) in [7, 11) is 0. The van der Waals surface area contributed by atoms with E-state index in [1.165, 1.54) is 0 Å². The Labute approximate surface area is 248 Å². The molecule has 4 heterocycles. The predicted octanol–water partition coefficient (Wildman–Crippen LogP) is 4.39. The Hall–Kier alpha value is -2.58. The van der Waals surface area contributed by atoms with Crippen LogP contribution in [-0.2, 0) is 25.5 Å². The van der Waals surface area contributed by atoms with Crippen molar-refractivity contribution in [1.29, 1.82) is 0 Å². The van der Waals surface area contributed by atoms with Gasteiger partial charge in [-0.15, -0.1) is 11.8 Å². The molecule has 1 spiro atoms. The third-order valence-corrected chi connectivity index (χ3v) is 10.9. The maximum absolute atomic E-state index is 14.9. The molecular formula is C33H44N2O5S. The summed E-state index contributed by atoms with van der Waals surface area (Å²) in [6.07, 6.45) is 9.90. The highest BCUT2D eigenvalue weighted by molar-refractivity contribution is 8.02. The zero-order valence-corrected chi connectivity index (χ0v) is 25.9. The van der Waals surface area contributed by atoms with Gasteiger partial charge in [0, 0.05) is 16.8 Å². The number of hydrogen-bond donors (Lipinski definition) is 1. The molecule has 4 aliphatic heterocycles. The number of thioether (sulfide) groups is 1. The van der Waals surface area contributed by atoms with E-state index in [9.17, 15) is 19.5 Å². The van der Waals surface area contributed by atoms with Crippen LogP contribution in [0.5, 0.6) is 0 Å². The first-order valence-electron chi connectivity index (χ1n) is 14.7. The van der Waals surface area contributed by atoms with Crippen molar-refractivity contribution in [2.45, 2.75) is 87.9 Å². The molecule has 222 valence electrons. The normalized spacial score (nSPS) is 32.6. The second kappa shape index (κ2) is 10.6. The highest BCUT2D eigenvalue weighted by Crippen LogP contribution is 2.65. The summed E-state index contributed by atoms with van der Waals surface area (Å²) in [5, 5.41) is 10.7. The molecule has 0 aliphatic carbocycles. The van der Waals surface area contributed by atoms with Gasteiger partial charge in [-0.1, -0.05) is 75.4 Å². The van der Waals surface area contributed by atoms with Crippen molar-refractivity contribution < 1.29 is 24.2 Å². The van der Waals surface area contributed by atoms with Crippen LogP contribution in [0.25, 0.3) is 0 Å². The fourth-order valence-electron chi connectivity index (χ4n) is 7.90. The molecule has 0 bridgehead atoms. The molecular weight excluding hydrogens is 536 g/mol. The van der Waals surface area contributed by atoms with Crippen LogP contribution in [0.3, 0.4) is 0 Å². The SMILES string of the molecule is CC(C)(C)CC(C)(C)N1CC=C[C@]23S[C@]4(C)C=CCCOC(=O)[C@@H]4[C@H]2C(=O)N([C@@H](CO)Cc2ccccc2)C3C1=O. The number of carbonyl (C=O) groups is 3. The summed E-state index contributed by atoms with van der Waals surface area (Å²) >= 11 is 1.54. The van der Waals surface area contributed by atoms with Gasteiger partial charge in [0.2, 0.25) is 11.8 Å². The summed E-state index contributed by atoms with van der Waals surface area (Å²) < 4.78 is 3.97. The molecule has 0 saturated carbocycles. The van der Waals surface area contributed by atoms with Gasteiger partial charge in [0.15, 0.2) is 0 Å². The summed E-state index contributed by atoms with van der Waals surface area (Å²) in [4.78, 5) is 46.7. The lowest BCUT2D eigenvalue weighted by molar-refractivity contribution is -0.155. The Morgan fingerprint density at radius 3 is 2.39 bits per heavy atom. The van der Waals surface area contributed by atoms with Crippen LogP contribution in [0.1, 0.15) is 59.9 Å². The van der Waals surface area contributed by atoms with Gasteiger partial charge >= 0.3 is 5.97 Å². The number of likely N-dealkylation sites (tertiary alicyclic amines) is 1. The zero-order valence-electron chi connectivity index (χ0n) is 25.1. The lowest BCUT2D eigenvalue weighted by atomic mass is 9.74. The highest BCUT2D eigenvalue weighted by atomic mass is 32.2. The fourth-order valence-corrected chi connectivity index (χ4v) is 10.0. The second-order valence-electron chi connectivity index (χ2n) is 14.0. The van der Waals surface area contributed by atoms with Crippen LogP contribution in [0.15, 0.2) is 54.6 Å². The first-order valence-corrected chi connectivity index (χ1v) is 15.6. The van der Waals surface area contributed by atoms with Gasteiger partial charge in [-0.05, 0) is 51.0 Å². The Bertz CT molecular complexity index is 1250. The molecule has 1 unspecified atom stereocenters. The topological polar surface area (TPSA) is 87.2 Å². The molecule has 2 fully saturated rings. The Kier molecular flexibility index (Phi) is 7.73. The number of esters is 1. The summed E-state index contributed by atoms with van der Waals surface area (Å²) in [6, 6.07) is 8.24. The van der Waals surface area contributed by atoms with Crippen molar-refractivity contribution in [2.75, 3.05) is 19.8 Å². The zero-order chi connectivity index (χ0) is 29.8. The van der Waals surface area contributed by atoms with Gasteiger partial charge in [-0.3, -0.25) is 14.4 Å². The van der Waals surface area contributed by atoms with E-state index >= 15 is 0 Å². The lowest BCUT2D eigenvalue weighted by Crippen LogP contribution is -2.61. The molecule has 8 heteroatoms. The van der Waals surface area contributed by atoms with Gasteiger partial charge in [-0.2, -0.15) is 0 Å². The molecule has 5 rings (SSSR count). The van der Waals surface area contributed by atoms with Crippen molar-refractivity contribution in [1.82, 2.24) is 9.80 Å². The number of rotatable bonds is 6. The van der Waals surface area contributed by atoms with E-state index in [-0.39, 0.29) is 30.4 Å². The molecule has 41 heavy (non-hydrogen) atoms. The first kappa shape index (κ1) is 29.9. The minimum atomic E-state index is -0.974. The number of nitrogens with zero attached hydrogens (tertiary/aromatic N) is 2. The Morgan fingerprint density at radius 1 is 1.02 bits per heavy atom. The van der Waals surface area contributed by atoms with E-state index in [2.05, 4.69) is 34.6 Å². The second-order valence-corrected chi connectivity index (χ2v) is 15.8. The summed E-state index contributed by atoms with van der Waals surface area (Å²) in [5.74, 6) is -2.31. The van der Waals surface area contributed by atoms with Crippen LogP contribution >= 0.6 is 11.8 Å². The van der Waals surface area contributed by atoms with Gasteiger partial charge in [-0.25, -0.2) is 0 Å². The lowest BCUT2D eigenvalue weighted by Gasteiger charge is -2.45. The smallest absolute Gasteiger partial charge is 0.311 e. The average molecular weight is 581 g/mol. The molecule has 0 radical (unpaired) electrons. The van der Waals surface area contributed by atoms with Crippen molar-refractivity contribution >= 4 is 29.5 Å². The largest absolute Gasteiger partial charge is 0.465 e. The number of fused-ring (bicyclic) bond motifs is 2. The molecule has 7 nitrogen and oxygen atoms in total. The first-order chi connectivity index (χ1) is 19.2. The monoisotopic (exact) mass is 580 g/mol. The number of carbonyl (C=O) groups excluding carboxylic acids is 3. The van der Waals surface area contributed by atoms with Crippen LogP contribution in [0, 0.1) is 17.3 Å². The van der Waals surface area contributed by atoms with Crippen LogP contribution in [0.4, 0.5) is 0 Å². The number of aliphatic hydroxyl groups excluding tert-OH is 1. The van der Waals surface area contributed by atoms with E-state index in [0.29, 0.717) is 19.4 Å². The molecule has 6 atom stereocenters. The van der Waals surface area contributed by atoms with E-state index < -0.39 is 44.9 Å². The highest BCUT2D eigenvalue weighted by Gasteiger charge is 2.74. The predicted molar refractivity (Wildman–Crippen MR) is 161 cm³/mol. The molecule has 2 amide bonds. The number of amides is 2. The van der Waals surface area contributed by atoms with Crippen molar-refractivity contribution in [2.24, 2.45) is 17.3 Å². The van der Waals surface area contributed by atoms with Crippen LogP contribution in [0.2, 0.25) is 0 Å². The molecule has 1 aromatic rings. The average Bonchev–Trinajstić information content (AvgIpc) is 3.20. The standard InChI is InChI=1S/C33H44N2O5S/c1-30(2,3)21-31(4,5)34-17-12-16-33-24(25-29(39)40-18-11-10-15-32(25,6)41-33)27(37)35(26(33)28(34)38)23(20-36)19-22-13-8-7-9-14-22/h7-10,12-16,23-26,36H,11,17-21H2,1-6H3/t23-,24+,25+,26?,32-,33+/m1/s1. The summed E-state index contributed by atoms with van der Waals surface area (Å²) in [5.41, 5.74) is 0.458. The molecule has 2 saturated heterocycles. The van der Waals surface area contributed by atoms with E-state index in [1.807, 2.05) is 66.5 Å². The van der Waals surface area contributed by atoms with Crippen LogP contribution in [-0.4, -0.2) is 79.6 Å². The molecule has 1 N–H and O–H groups in total. The maximum atomic E-state index is 14.9. The fraction of sp³-hybridized carbons (Fsp3) is 0.606. The number of aliphatic hydroxyl groups is 1. The number of benzene rings is 1. The maximum Gasteiger partial charge on any atom is 0.311 e. The number of ether oxygens (including phenoxy) is 1. The quantitative estimate of drug-likeness (QED) is 0.397. The van der Waals surface area contributed by atoms with E-state index in [1.54, 1.807) is 16.7 Å². The molecule has 0 aromatic heterocycles. The Balaban J connectivity index is 1.66. The third-order valence-electron chi connectivity index (χ3n) is 9.07. The van der Waals surface area contributed by atoms with Crippen LogP contribution < -0.4 is 0 Å².